The van der Waals surface area contributed by atoms with Crippen LogP contribution in [0, 0.1) is 0 Å². The molecule has 3 nitrogen and oxygen atoms in total. The standard InChI is InChI=1S/C3H8FNO2S/c1-3(2,4)8(5,6)7/h1-2H3,(H2,5,6,7). The lowest BCUT2D eigenvalue weighted by atomic mass is 10.5. The van der Waals surface area contributed by atoms with Gasteiger partial charge in [0.25, 0.3) is 0 Å². The lowest BCUT2D eigenvalue weighted by Crippen LogP contribution is -2.32. The number of hydrogen-bond donors (Lipinski definition) is 1. The van der Waals surface area contributed by atoms with E-state index in [1.807, 2.05) is 0 Å². The van der Waals surface area contributed by atoms with Crippen LogP contribution in [0.5, 0.6) is 0 Å². The molecule has 0 unspecified atom stereocenters. The Morgan fingerprint density at radius 2 is 1.62 bits per heavy atom. The van der Waals surface area contributed by atoms with E-state index in [1.165, 1.54) is 0 Å². The van der Waals surface area contributed by atoms with E-state index in [0.717, 1.165) is 13.8 Å². The van der Waals surface area contributed by atoms with Crippen molar-refractivity contribution in [2.24, 2.45) is 5.14 Å². The molecule has 2 N–H and O–H groups in total. The second-order valence-electron chi connectivity index (χ2n) is 1.91. The minimum atomic E-state index is -4.01. The lowest BCUT2D eigenvalue weighted by molar-refractivity contribution is 0.319. The highest BCUT2D eigenvalue weighted by atomic mass is 32.2. The fourth-order valence-electron chi connectivity index (χ4n) is 0. The summed E-state index contributed by atoms with van der Waals surface area (Å²) in [5.41, 5.74) is 0. The summed E-state index contributed by atoms with van der Waals surface area (Å²) in [7, 11) is -4.01. The molecule has 0 heterocycles. The zero-order valence-electron chi connectivity index (χ0n) is 4.68. The van der Waals surface area contributed by atoms with E-state index in [-0.39, 0.29) is 0 Å². The average Bonchev–Trinajstić information content (AvgIpc) is 1.25. The van der Waals surface area contributed by atoms with Crippen molar-refractivity contribution >= 4 is 10.0 Å². The molecule has 0 saturated carbocycles. The second kappa shape index (κ2) is 1.66. The SMILES string of the molecule is CC(C)(F)S(N)(=O)=O. The molecule has 0 aliphatic rings. The molecular weight excluding hydrogens is 133 g/mol. The largest absolute Gasteiger partial charge is 0.243 e. The van der Waals surface area contributed by atoms with E-state index in [2.05, 4.69) is 5.14 Å². The van der Waals surface area contributed by atoms with Gasteiger partial charge in [0.2, 0.25) is 15.0 Å². The van der Waals surface area contributed by atoms with Gasteiger partial charge in [-0.3, -0.25) is 0 Å². The highest BCUT2D eigenvalue weighted by molar-refractivity contribution is 7.90. The Hall–Kier alpha value is -0.160. The molecule has 0 bridgehead atoms. The van der Waals surface area contributed by atoms with Crippen molar-refractivity contribution < 1.29 is 12.8 Å². The number of sulfonamides is 1. The fourth-order valence-corrected chi connectivity index (χ4v) is 0. The van der Waals surface area contributed by atoms with Gasteiger partial charge in [0.05, 0.1) is 0 Å². The van der Waals surface area contributed by atoms with Gasteiger partial charge >= 0.3 is 0 Å². The van der Waals surface area contributed by atoms with Crippen molar-refractivity contribution in [3.8, 4) is 0 Å². The first kappa shape index (κ1) is 7.84. The molecule has 0 fully saturated rings. The van der Waals surface area contributed by atoms with Crippen LogP contribution in [0.3, 0.4) is 0 Å². The predicted octanol–water partition coefficient (Wildman–Crippen LogP) is -0.0195. The minimum Gasteiger partial charge on any atom is -0.226 e. The van der Waals surface area contributed by atoms with Crippen molar-refractivity contribution in [1.29, 1.82) is 0 Å². The average molecular weight is 141 g/mol. The van der Waals surface area contributed by atoms with Gasteiger partial charge in [0.1, 0.15) is 0 Å². The van der Waals surface area contributed by atoms with Crippen LogP contribution < -0.4 is 5.14 Å². The smallest absolute Gasteiger partial charge is 0.226 e. The van der Waals surface area contributed by atoms with Gasteiger partial charge in [-0.15, -0.1) is 0 Å². The molecule has 0 rings (SSSR count). The zero-order valence-corrected chi connectivity index (χ0v) is 5.50. The quantitative estimate of drug-likeness (QED) is 0.558. The number of primary sulfonamides is 1. The molecule has 0 saturated heterocycles. The van der Waals surface area contributed by atoms with E-state index in [1.54, 1.807) is 0 Å². The van der Waals surface area contributed by atoms with Crippen molar-refractivity contribution in [3.05, 3.63) is 0 Å². The summed E-state index contributed by atoms with van der Waals surface area (Å²) in [6.45, 7) is 1.78. The van der Waals surface area contributed by atoms with Gasteiger partial charge in [-0.25, -0.2) is 17.9 Å². The summed E-state index contributed by atoms with van der Waals surface area (Å²) in [6, 6.07) is 0. The maximum atomic E-state index is 12.2. The third-order valence-electron chi connectivity index (χ3n) is 0.677. The van der Waals surface area contributed by atoms with Crippen molar-refractivity contribution in [2.75, 3.05) is 0 Å². The summed E-state index contributed by atoms with van der Waals surface area (Å²) in [4.78, 5) is 0. The molecule has 0 radical (unpaired) electrons. The fraction of sp³-hybridized carbons (Fsp3) is 1.00. The van der Waals surface area contributed by atoms with E-state index < -0.39 is 15.0 Å². The van der Waals surface area contributed by atoms with Gasteiger partial charge in [0, 0.05) is 0 Å². The maximum Gasteiger partial charge on any atom is 0.243 e. The first-order chi connectivity index (χ1) is 3.25. The number of hydrogen-bond acceptors (Lipinski definition) is 2. The molecule has 0 amide bonds. The molecule has 0 spiro atoms. The normalized spacial score (nSPS) is 14.0. The highest BCUT2D eigenvalue weighted by Gasteiger charge is 2.29. The molecule has 5 heteroatoms. The number of halogens is 1. The van der Waals surface area contributed by atoms with Gasteiger partial charge < -0.3 is 0 Å². The van der Waals surface area contributed by atoms with Crippen molar-refractivity contribution in [3.63, 3.8) is 0 Å². The summed E-state index contributed by atoms with van der Waals surface area (Å²) >= 11 is 0. The van der Waals surface area contributed by atoms with Crippen molar-refractivity contribution in [1.82, 2.24) is 0 Å². The topological polar surface area (TPSA) is 60.2 Å². The number of rotatable bonds is 1. The Morgan fingerprint density at radius 1 is 1.50 bits per heavy atom. The van der Waals surface area contributed by atoms with E-state index in [0.29, 0.717) is 0 Å². The lowest BCUT2D eigenvalue weighted by Gasteiger charge is -2.08. The summed E-state index contributed by atoms with van der Waals surface area (Å²) in [5, 5.41) is 2.10. The van der Waals surface area contributed by atoms with E-state index in [4.69, 9.17) is 0 Å². The summed E-state index contributed by atoms with van der Waals surface area (Å²) in [5.74, 6) is 0. The summed E-state index contributed by atoms with van der Waals surface area (Å²) in [6.07, 6.45) is 0. The van der Waals surface area contributed by atoms with E-state index in [9.17, 15) is 12.8 Å². The Bertz CT molecular complexity index is 166. The molecular formula is C3H8FNO2S. The van der Waals surface area contributed by atoms with Crippen LogP contribution >= 0.6 is 0 Å². The predicted molar refractivity (Wildman–Crippen MR) is 28.3 cm³/mol. The molecule has 0 aromatic carbocycles. The molecule has 8 heavy (non-hydrogen) atoms. The third-order valence-corrected chi connectivity index (χ3v) is 2.03. The van der Waals surface area contributed by atoms with Crippen LogP contribution in [-0.4, -0.2) is 13.4 Å². The van der Waals surface area contributed by atoms with Crippen LogP contribution in [0.25, 0.3) is 0 Å². The van der Waals surface area contributed by atoms with Crippen LogP contribution in [0.4, 0.5) is 4.39 Å². The minimum absolute atomic E-state index is 0.891. The van der Waals surface area contributed by atoms with Gasteiger partial charge in [0.15, 0.2) is 0 Å². The van der Waals surface area contributed by atoms with Crippen LogP contribution in [-0.2, 0) is 10.0 Å². The molecule has 0 aliphatic carbocycles. The third kappa shape index (κ3) is 1.75. The molecule has 0 aromatic heterocycles. The Balaban J connectivity index is 4.53. The second-order valence-corrected chi connectivity index (χ2v) is 3.97. The van der Waals surface area contributed by atoms with Crippen molar-refractivity contribution in [2.45, 2.75) is 18.8 Å². The molecule has 0 atom stereocenters. The highest BCUT2D eigenvalue weighted by Crippen LogP contribution is 2.12. The van der Waals surface area contributed by atoms with Gasteiger partial charge in [-0.05, 0) is 13.8 Å². The van der Waals surface area contributed by atoms with Crippen LogP contribution in [0.1, 0.15) is 13.8 Å². The maximum absolute atomic E-state index is 12.2. The number of nitrogens with two attached hydrogens (primary N) is 1. The first-order valence-corrected chi connectivity index (χ1v) is 3.51. The van der Waals surface area contributed by atoms with Crippen LogP contribution in [0.15, 0.2) is 0 Å². The molecule has 0 aliphatic heterocycles. The number of alkyl halides is 1. The van der Waals surface area contributed by atoms with E-state index >= 15 is 0 Å². The Morgan fingerprint density at radius 3 is 1.62 bits per heavy atom. The molecule has 0 aromatic rings. The zero-order chi connectivity index (χ0) is 7.00. The Labute approximate surface area is 47.7 Å². The van der Waals surface area contributed by atoms with Gasteiger partial charge in [-0.1, -0.05) is 0 Å². The first-order valence-electron chi connectivity index (χ1n) is 1.96. The van der Waals surface area contributed by atoms with Gasteiger partial charge in [-0.2, -0.15) is 0 Å². The Kier molecular flexibility index (Phi) is 1.63. The monoisotopic (exact) mass is 141 g/mol. The van der Waals surface area contributed by atoms with Crippen LogP contribution in [0.2, 0.25) is 0 Å². The summed E-state index contributed by atoms with van der Waals surface area (Å²) < 4.78 is 32.3. The molecule has 50 valence electrons.